The molecule has 0 saturated carbocycles. The molecule has 2 aromatic rings. The van der Waals surface area contributed by atoms with E-state index in [2.05, 4.69) is 4.98 Å². The van der Waals surface area contributed by atoms with Crippen molar-refractivity contribution < 1.29 is 9.21 Å². The highest BCUT2D eigenvalue weighted by molar-refractivity contribution is 6.29. The Morgan fingerprint density at radius 2 is 2.27 bits per heavy atom. The van der Waals surface area contributed by atoms with Gasteiger partial charge in [0.05, 0.1) is 5.56 Å². The lowest BCUT2D eigenvalue weighted by atomic mass is 10.2. The van der Waals surface area contributed by atoms with Gasteiger partial charge in [-0.1, -0.05) is 11.6 Å². The first-order chi connectivity index (χ1) is 7.20. The Balaban J connectivity index is 2.49. The van der Waals surface area contributed by atoms with Crippen molar-refractivity contribution in [1.82, 2.24) is 4.98 Å². The van der Waals surface area contributed by atoms with Gasteiger partial charge in [0.2, 0.25) is 0 Å². The average molecular weight is 222 g/mol. The van der Waals surface area contributed by atoms with E-state index >= 15 is 0 Å². The minimum absolute atomic E-state index is 0.397. The molecular weight excluding hydrogens is 214 g/mol. The molecule has 76 valence electrons. The summed E-state index contributed by atoms with van der Waals surface area (Å²) in [6, 6.07) is 5.15. The Hall–Kier alpha value is -1.61. The number of halogens is 1. The highest BCUT2D eigenvalue weighted by Gasteiger charge is 2.08. The average Bonchev–Trinajstić information content (AvgIpc) is 2.60. The number of aryl methyl sites for hydroxylation is 1. The second kappa shape index (κ2) is 3.87. The molecule has 0 unspecified atom stereocenters. The number of hydrogen-bond acceptors (Lipinski definition) is 3. The Bertz CT molecular complexity index is 505. The van der Waals surface area contributed by atoms with Gasteiger partial charge >= 0.3 is 0 Å². The largest absolute Gasteiger partial charge is 0.461 e. The van der Waals surface area contributed by atoms with Crippen molar-refractivity contribution in [1.29, 1.82) is 0 Å². The van der Waals surface area contributed by atoms with Crippen molar-refractivity contribution in [2.45, 2.75) is 6.92 Å². The van der Waals surface area contributed by atoms with E-state index in [1.807, 2.05) is 0 Å². The number of aldehydes is 1. The van der Waals surface area contributed by atoms with Crippen molar-refractivity contribution in [3.63, 3.8) is 0 Å². The van der Waals surface area contributed by atoms with Gasteiger partial charge in [-0.3, -0.25) is 4.79 Å². The van der Waals surface area contributed by atoms with Crippen LogP contribution in [0.4, 0.5) is 0 Å². The maximum Gasteiger partial charge on any atom is 0.153 e. The minimum Gasteiger partial charge on any atom is -0.461 e. The van der Waals surface area contributed by atoms with Crippen LogP contribution in [0.2, 0.25) is 5.15 Å². The summed E-state index contributed by atoms with van der Waals surface area (Å²) in [6.07, 6.45) is 2.36. The summed E-state index contributed by atoms with van der Waals surface area (Å²) < 4.78 is 5.43. The van der Waals surface area contributed by atoms with Crippen molar-refractivity contribution in [2.75, 3.05) is 0 Å². The summed E-state index contributed by atoms with van der Waals surface area (Å²) in [5.41, 5.74) is 1.36. The van der Waals surface area contributed by atoms with Crippen LogP contribution in [0.3, 0.4) is 0 Å². The van der Waals surface area contributed by atoms with Crippen molar-refractivity contribution in [2.24, 2.45) is 0 Å². The van der Waals surface area contributed by atoms with E-state index < -0.39 is 0 Å². The third kappa shape index (κ3) is 1.92. The number of rotatable bonds is 2. The lowest BCUT2D eigenvalue weighted by Gasteiger charge is -1.95. The predicted molar refractivity (Wildman–Crippen MR) is 57.1 cm³/mol. The standard InChI is InChI=1S/C11H8ClNO2/c1-7-9(6-14)4-10(15-7)8-2-3-13-11(12)5-8/h2-6H,1H3. The first-order valence-electron chi connectivity index (χ1n) is 4.38. The van der Waals surface area contributed by atoms with E-state index in [-0.39, 0.29) is 0 Å². The lowest BCUT2D eigenvalue weighted by molar-refractivity contribution is 0.112. The lowest BCUT2D eigenvalue weighted by Crippen LogP contribution is -1.77. The van der Waals surface area contributed by atoms with Gasteiger partial charge in [0.25, 0.3) is 0 Å². The topological polar surface area (TPSA) is 43.1 Å². The zero-order valence-corrected chi connectivity index (χ0v) is 8.78. The Labute approximate surface area is 91.7 Å². The maximum absolute atomic E-state index is 10.6. The van der Waals surface area contributed by atoms with E-state index in [1.165, 1.54) is 0 Å². The monoisotopic (exact) mass is 221 g/mol. The molecule has 0 atom stereocenters. The van der Waals surface area contributed by atoms with Crippen LogP contribution in [0.25, 0.3) is 11.3 Å². The van der Waals surface area contributed by atoms with Gasteiger partial charge in [-0.25, -0.2) is 4.98 Å². The van der Waals surface area contributed by atoms with Gasteiger partial charge < -0.3 is 4.42 Å². The predicted octanol–water partition coefficient (Wildman–Crippen LogP) is 3.12. The molecule has 0 aromatic carbocycles. The van der Waals surface area contributed by atoms with Crippen LogP contribution < -0.4 is 0 Å². The fourth-order valence-corrected chi connectivity index (χ4v) is 1.49. The number of pyridine rings is 1. The Morgan fingerprint density at radius 3 is 2.87 bits per heavy atom. The second-order valence-electron chi connectivity index (χ2n) is 3.11. The highest BCUT2D eigenvalue weighted by atomic mass is 35.5. The van der Waals surface area contributed by atoms with Gasteiger partial charge in [0.1, 0.15) is 16.7 Å². The molecule has 0 aliphatic heterocycles. The Kier molecular flexibility index (Phi) is 2.56. The van der Waals surface area contributed by atoms with Gasteiger partial charge in [0, 0.05) is 11.8 Å². The molecule has 2 heterocycles. The van der Waals surface area contributed by atoms with Crippen LogP contribution in [0.1, 0.15) is 16.1 Å². The molecule has 2 rings (SSSR count). The molecule has 0 amide bonds. The maximum atomic E-state index is 10.6. The zero-order valence-electron chi connectivity index (χ0n) is 8.03. The molecule has 0 N–H and O–H groups in total. The summed E-state index contributed by atoms with van der Waals surface area (Å²) in [5.74, 6) is 1.23. The van der Waals surface area contributed by atoms with Gasteiger partial charge in [-0.05, 0) is 25.1 Å². The number of nitrogens with zero attached hydrogens (tertiary/aromatic N) is 1. The fourth-order valence-electron chi connectivity index (χ4n) is 1.31. The van der Waals surface area contributed by atoms with Crippen molar-refractivity contribution in [3.8, 4) is 11.3 Å². The SMILES string of the molecule is Cc1oc(-c2ccnc(Cl)c2)cc1C=O. The Morgan fingerprint density at radius 1 is 1.47 bits per heavy atom. The molecular formula is C11H8ClNO2. The van der Waals surface area contributed by atoms with Crippen molar-refractivity contribution >= 4 is 17.9 Å². The first-order valence-corrected chi connectivity index (χ1v) is 4.76. The second-order valence-corrected chi connectivity index (χ2v) is 3.49. The van der Waals surface area contributed by atoms with E-state index in [0.29, 0.717) is 22.2 Å². The zero-order chi connectivity index (χ0) is 10.8. The molecule has 0 saturated heterocycles. The molecule has 0 radical (unpaired) electrons. The van der Waals surface area contributed by atoms with Crippen molar-refractivity contribution in [3.05, 3.63) is 40.9 Å². The number of furan rings is 1. The third-order valence-electron chi connectivity index (χ3n) is 2.09. The van der Waals surface area contributed by atoms with E-state index in [4.69, 9.17) is 16.0 Å². The smallest absolute Gasteiger partial charge is 0.153 e. The highest BCUT2D eigenvalue weighted by Crippen LogP contribution is 2.25. The number of carbonyl (C=O) groups excluding carboxylic acids is 1. The molecule has 2 aromatic heterocycles. The minimum atomic E-state index is 0.397. The molecule has 4 heteroatoms. The molecule has 0 fully saturated rings. The summed E-state index contributed by atoms with van der Waals surface area (Å²) in [4.78, 5) is 14.5. The van der Waals surface area contributed by atoms with E-state index in [0.717, 1.165) is 11.8 Å². The quantitative estimate of drug-likeness (QED) is 0.578. The third-order valence-corrected chi connectivity index (χ3v) is 2.30. The van der Waals surface area contributed by atoms with Crippen LogP contribution in [0.5, 0.6) is 0 Å². The summed E-state index contributed by atoms with van der Waals surface area (Å²) >= 11 is 5.75. The van der Waals surface area contributed by atoms with Gasteiger partial charge in [-0.15, -0.1) is 0 Å². The van der Waals surface area contributed by atoms with Crippen LogP contribution >= 0.6 is 11.6 Å². The number of hydrogen-bond donors (Lipinski definition) is 0. The molecule has 0 bridgehead atoms. The van der Waals surface area contributed by atoms with Crippen LogP contribution in [-0.4, -0.2) is 11.3 Å². The first kappa shape index (κ1) is 9.93. The molecule has 0 aliphatic rings. The number of carbonyl (C=O) groups is 1. The van der Waals surface area contributed by atoms with Gasteiger partial charge in [0.15, 0.2) is 6.29 Å². The summed E-state index contributed by atoms with van der Waals surface area (Å²) in [5, 5.41) is 0.397. The molecule has 0 spiro atoms. The summed E-state index contributed by atoms with van der Waals surface area (Å²) in [7, 11) is 0. The van der Waals surface area contributed by atoms with E-state index in [1.54, 1.807) is 31.3 Å². The van der Waals surface area contributed by atoms with Crippen LogP contribution in [0, 0.1) is 6.92 Å². The number of aromatic nitrogens is 1. The molecule has 3 nitrogen and oxygen atoms in total. The van der Waals surface area contributed by atoms with Crippen LogP contribution in [-0.2, 0) is 0 Å². The van der Waals surface area contributed by atoms with Crippen LogP contribution in [0.15, 0.2) is 28.8 Å². The van der Waals surface area contributed by atoms with Gasteiger partial charge in [-0.2, -0.15) is 0 Å². The normalized spacial score (nSPS) is 10.3. The fraction of sp³-hybridized carbons (Fsp3) is 0.0909. The summed E-state index contributed by atoms with van der Waals surface area (Å²) in [6.45, 7) is 1.75. The van der Waals surface area contributed by atoms with E-state index in [9.17, 15) is 4.79 Å². The molecule has 0 aliphatic carbocycles. The molecule has 15 heavy (non-hydrogen) atoms.